The van der Waals surface area contributed by atoms with E-state index in [0.717, 1.165) is 12.8 Å². The molecule has 2 N–H and O–H groups in total. The van der Waals surface area contributed by atoms with Gasteiger partial charge in [0.2, 0.25) is 5.91 Å². The van der Waals surface area contributed by atoms with Crippen molar-refractivity contribution in [2.24, 2.45) is 0 Å². The first kappa shape index (κ1) is 16.1. The highest BCUT2D eigenvalue weighted by atomic mass is 32.2. The molecular formula is C14H19N3O5S. The van der Waals surface area contributed by atoms with E-state index >= 15 is 0 Å². The second-order valence-corrected chi connectivity index (χ2v) is 7.67. The topological polar surface area (TPSA) is 105 Å². The molecule has 0 aromatic heterocycles. The fourth-order valence-electron chi connectivity index (χ4n) is 2.84. The molecule has 4 amide bonds. The van der Waals surface area contributed by atoms with Crippen molar-refractivity contribution in [2.75, 3.05) is 12.4 Å². The van der Waals surface area contributed by atoms with Crippen LogP contribution in [0.25, 0.3) is 0 Å². The van der Waals surface area contributed by atoms with Crippen LogP contribution < -0.4 is 10.6 Å². The van der Waals surface area contributed by atoms with Gasteiger partial charge in [0.05, 0.1) is 4.87 Å². The number of hydrogen-bond acceptors (Lipinski definition) is 6. The molecule has 126 valence electrons. The lowest BCUT2D eigenvalue weighted by Gasteiger charge is -2.29. The lowest BCUT2D eigenvalue weighted by Crippen LogP contribution is -2.47. The summed E-state index contributed by atoms with van der Waals surface area (Å²) in [5.41, 5.74) is 0. The van der Waals surface area contributed by atoms with Crippen molar-refractivity contribution < 1.29 is 23.9 Å². The first-order chi connectivity index (χ1) is 10.9. The monoisotopic (exact) mass is 341 g/mol. The third-order valence-corrected chi connectivity index (χ3v) is 5.73. The second kappa shape index (κ2) is 6.03. The van der Waals surface area contributed by atoms with Gasteiger partial charge in [-0.3, -0.25) is 14.9 Å². The number of thioether (sulfide) groups is 1. The molecule has 2 atom stereocenters. The highest BCUT2D eigenvalue weighted by Gasteiger charge is 2.53. The highest BCUT2D eigenvalue weighted by molar-refractivity contribution is 8.01. The second-order valence-electron chi connectivity index (χ2n) is 6.17. The van der Waals surface area contributed by atoms with E-state index in [1.54, 1.807) is 16.7 Å². The quantitative estimate of drug-likeness (QED) is 0.696. The molecule has 2 saturated heterocycles. The number of hydrogen-bond donors (Lipinski definition) is 2. The van der Waals surface area contributed by atoms with Gasteiger partial charge in [-0.1, -0.05) is 0 Å². The van der Waals surface area contributed by atoms with Crippen LogP contribution in [0.3, 0.4) is 0 Å². The number of nitrogens with zero attached hydrogens (tertiary/aromatic N) is 1. The summed E-state index contributed by atoms with van der Waals surface area (Å²) in [5.74, 6) is -0.884. The van der Waals surface area contributed by atoms with Gasteiger partial charge in [-0.15, -0.1) is 11.8 Å². The van der Waals surface area contributed by atoms with Gasteiger partial charge in [-0.25, -0.2) is 9.59 Å². The summed E-state index contributed by atoms with van der Waals surface area (Å²) in [7, 11) is 0. The molecule has 0 unspecified atom stereocenters. The van der Waals surface area contributed by atoms with Crippen LogP contribution in [0.4, 0.5) is 4.79 Å². The Morgan fingerprint density at radius 1 is 1.39 bits per heavy atom. The van der Waals surface area contributed by atoms with Crippen LogP contribution in [-0.2, 0) is 19.1 Å². The number of esters is 1. The van der Waals surface area contributed by atoms with Gasteiger partial charge in [0.15, 0.2) is 6.61 Å². The largest absolute Gasteiger partial charge is 0.454 e. The molecule has 8 nitrogen and oxygen atoms in total. The average molecular weight is 341 g/mol. The lowest BCUT2D eigenvalue weighted by molar-refractivity contribution is -0.156. The van der Waals surface area contributed by atoms with E-state index in [1.165, 1.54) is 0 Å². The van der Waals surface area contributed by atoms with E-state index in [9.17, 15) is 19.2 Å². The zero-order valence-corrected chi connectivity index (χ0v) is 13.6. The molecule has 9 heteroatoms. The first-order valence-electron chi connectivity index (χ1n) is 7.62. The molecule has 0 bridgehead atoms. The molecule has 3 aliphatic rings. The number of nitrogens with one attached hydrogen (secondary N) is 2. The highest BCUT2D eigenvalue weighted by Crippen LogP contribution is 2.47. The maximum Gasteiger partial charge on any atom is 0.330 e. The Kier molecular flexibility index (Phi) is 4.22. The third kappa shape index (κ3) is 3.44. The Bertz CT molecular complexity index is 565. The van der Waals surface area contributed by atoms with E-state index < -0.39 is 30.6 Å². The van der Waals surface area contributed by atoms with Crippen LogP contribution in [0, 0.1) is 0 Å². The number of amides is 4. The fraction of sp³-hybridized carbons (Fsp3) is 0.714. The Balaban J connectivity index is 1.46. The molecule has 2 heterocycles. The zero-order chi connectivity index (χ0) is 16.6. The number of fused-ring (bicyclic) bond motifs is 1. The van der Waals surface area contributed by atoms with Crippen LogP contribution in [0.1, 0.15) is 32.6 Å². The predicted molar refractivity (Wildman–Crippen MR) is 81.4 cm³/mol. The van der Waals surface area contributed by atoms with E-state index in [2.05, 4.69) is 10.6 Å². The summed E-state index contributed by atoms with van der Waals surface area (Å²) in [5, 5.41) is 4.71. The van der Waals surface area contributed by atoms with Crippen LogP contribution >= 0.6 is 11.8 Å². The number of carbonyl (C=O) groups is 4. The molecule has 2 aliphatic heterocycles. The number of rotatable bonds is 4. The predicted octanol–water partition coefficient (Wildman–Crippen LogP) is -0.0282. The summed E-state index contributed by atoms with van der Waals surface area (Å²) in [4.78, 5) is 48.3. The first-order valence-corrected chi connectivity index (χ1v) is 8.61. The minimum atomic E-state index is -0.683. The SMILES string of the molecule is C[C@]12CCC(=O)N1[C@H](C(=O)OCC(=O)NC(=O)NC1CC1)CS2. The van der Waals surface area contributed by atoms with Crippen molar-refractivity contribution in [3.8, 4) is 0 Å². The van der Waals surface area contributed by atoms with Crippen LogP contribution in [-0.4, -0.2) is 58.0 Å². The molecule has 0 radical (unpaired) electrons. The van der Waals surface area contributed by atoms with Crippen molar-refractivity contribution in [3.63, 3.8) is 0 Å². The minimum Gasteiger partial charge on any atom is -0.454 e. The van der Waals surface area contributed by atoms with Crippen molar-refractivity contribution in [2.45, 2.75) is 49.6 Å². The molecule has 3 rings (SSSR count). The van der Waals surface area contributed by atoms with Crippen molar-refractivity contribution in [1.82, 2.24) is 15.5 Å². The lowest BCUT2D eigenvalue weighted by atomic mass is 10.2. The summed E-state index contributed by atoms with van der Waals surface area (Å²) >= 11 is 1.55. The minimum absolute atomic E-state index is 0.0623. The Hall–Kier alpha value is -1.77. The summed E-state index contributed by atoms with van der Waals surface area (Å²) < 4.78 is 4.97. The molecular weight excluding hydrogens is 322 g/mol. The maximum absolute atomic E-state index is 12.1. The van der Waals surface area contributed by atoms with Gasteiger partial charge in [0.25, 0.3) is 5.91 Å². The number of imide groups is 1. The standard InChI is InChI=1S/C14H19N3O5S/c1-14-5-4-11(19)17(14)9(7-23-14)12(20)22-6-10(18)16-13(21)15-8-2-3-8/h8-9H,2-7H2,1H3,(H2,15,16,18,21)/t9-,14-/m0/s1. The summed E-state index contributed by atoms with van der Waals surface area (Å²) in [6, 6.07) is -1.10. The molecule has 0 spiro atoms. The molecule has 3 fully saturated rings. The van der Waals surface area contributed by atoms with Crippen molar-refractivity contribution in [1.29, 1.82) is 0 Å². The van der Waals surface area contributed by atoms with Crippen molar-refractivity contribution >= 4 is 35.6 Å². The van der Waals surface area contributed by atoms with Gasteiger partial charge in [-0.05, 0) is 26.2 Å². The summed E-state index contributed by atoms with van der Waals surface area (Å²) in [6.45, 7) is 1.40. The molecule has 0 aromatic carbocycles. The van der Waals surface area contributed by atoms with Gasteiger partial charge in [0.1, 0.15) is 6.04 Å². The van der Waals surface area contributed by atoms with Gasteiger partial charge < -0.3 is 15.0 Å². The van der Waals surface area contributed by atoms with E-state index in [-0.39, 0.29) is 16.8 Å². The molecule has 23 heavy (non-hydrogen) atoms. The zero-order valence-electron chi connectivity index (χ0n) is 12.8. The Morgan fingerprint density at radius 2 is 2.13 bits per heavy atom. The van der Waals surface area contributed by atoms with E-state index in [0.29, 0.717) is 18.6 Å². The van der Waals surface area contributed by atoms with E-state index in [1.807, 2.05) is 6.92 Å². The van der Waals surface area contributed by atoms with Gasteiger partial charge in [-0.2, -0.15) is 0 Å². The molecule has 0 aromatic rings. The van der Waals surface area contributed by atoms with Gasteiger partial charge in [0, 0.05) is 18.2 Å². The number of ether oxygens (including phenoxy) is 1. The van der Waals surface area contributed by atoms with Crippen LogP contribution in [0.5, 0.6) is 0 Å². The maximum atomic E-state index is 12.1. The molecule has 1 aliphatic carbocycles. The number of carbonyl (C=O) groups excluding carboxylic acids is 4. The fourth-order valence-corrected chi connectivity index (χ4v) is 4.26. The summed E-state index contributed by atoms with van der Waals surface area (Å²) in [6.07, 6.45) is 2.97. The number of urea groups is 1. The van der Waals surface area contributed by atoms with Gasteiger partial charge >= 0.3 is 12.0 Å². The van der Waals surface area contributed by atoms with Crippen molar-refractivity contribution in [3.05, 3.63) is 0 Å². The normalized spacial score (nSPS) is 29.2. The van der Waals surface area contributed by atoms with Crippen LogP contribution in [0.15, 0.2) is 0 Å². The smallest absolute Gasteiger partial charge is 0.330 e. The third-order valence-electron chi connectivity index (χ3n) is 4.23. The Labute approximate surface area is 137 Å². The van der Waals surface area contributed by atoms with Crippen LogP contribution in [0.2, 0.25) is 0 Å². The van der Waals surface area contributed by atoms with E-state index in [4.69, 9.17) is 4.74 Å². The average Bonchev–Trinajstić information content (AvgIpc) is 3.15. The molecule has 1 saturated carbocycles. The Morgan fingerprint density at radius 3 is 2.83 bits per heavy atom.